The van der Waals surface area contributed by atoms with E-state index in [0.29, 0.717) is 22.8 Å². The number of hydrogen-bond acceptors (Lipinski definition) is 5. The monoisotopic (exact) mass is 237 g/mol. The molecule has 0 aliphatic heterocycles. The van der Waals surface area contributed by atoms with E-state index in [1.165, 1.54) is 27.4 Å². The predicted molar refractivity (Wildman–Crippen MR) is 60.1 cm³/mol. The molecule has 17 heavy (non-hydrogen) atoms. The van der Waals surface area contributed by atoms with E-state index in [1.807, 2.05) is 0 Å². The van der Waals surface area contributed by atoms with Crippen molar-refractivity contribution >= 4 is 12.0 Å². The van der Waals surface area contributed by atoms with Crippen LogP contribution < -0.4 is 19.3 Å². The Balaban J connectivity index is 3.22. The van der Waals surface area contributed by atoms with Crippen molar-refractivity contribution in [1.82, 2.24) is 0 Å². The third kappa shape index (κ3) is 3.14. The van der Waals surface area contributed by atoms with Crippen molar-refractivity contribution in [3.8, 4) is 17.2 Å². The summed E-state index contributed by atoms with van der Waals surface area (Å²) in [6.45, 7) is 0. The maximum atomic E-state index is 10.3. The molecule has 0 unspecified atom stereocenters. The van der Waals surface area contributed by atoms with Crippen molar-refractivity contribution in [2.24, 2.45) is 0 Å². The number of hydrogen-bond donors (Lipinski definition) is 0. The molecule has 0 aromatic heterocycles. The Labute approximate surface area is 99.2 Å². The lowest BCUT2D eigenvalue weighted by atomic mass is 10.1. The smallest absolute Gasteiger partial charge is 0.203 e. The Kier molecular flexibility index (Phi) is 4.39. The lowest BCUT2D eigenvalue weighted by molar-refractivity contribution is -0.297. The zero-order valence-corrected chi connectivity index (χ0v) is 9.85. The van der Waals surface area contributed by atoms with E-state index in [2.05, 4.69) is 0 Å². The van der Waals surface area contributed by atoms with Crippen LogP contribution in [0.3, 0.4) is 0 Å². The first kappa shape index (κ1) is 12.9. The quantitative estimate of drug-likeness (QED) is 0.696. The summed E-state index contributed by atoms with van der Waals surface area (Å²) in [5, 5.41) is 10.3. The Morgan fingerprint density at radius 1 is 1.12 bits per heavy atom. The molecule has 0 fully saturated rings. The summed E-state index contributed by atoms with van der Waals surface area (Å²) in [4.78, 5) is 10.3. The molecular weight excluding hydrogens is 224 g/mol. The highest BCUT2D eigenvalue weighted by molar-refractivity contribution is 5.84. The van der Waals surface area contributed by atoms with Crippen LogP contribution in [-0.2, 0) is 4.79 Å². The number of carbonyl (C=O) groups is 1. The molecule has 0 N–H and O–H groups in total. The summed E-state index contributed by atoms with van der Waals surface area (Å²) >= 11 is 0. The van der Waals surface area contributed by atoms with Gasteiger partial charge in [-0.05, 0) is 23.8 Å². The van der Waals surface area contributed by atoms with Crippen LogP contribution in [0.15, 0.2) is 18.2 Å². The van der Waals surface area contributed by atoms with Gasteiger partial charge in [0, 0.05) is 0 Å². The van der Waals surface area contributed by atoms with Crippen LogP contribution >= 0.6 is 0 Å². The summed E-state index contributed by atoms with van der Waals surface area (Å²) in [5.41, 5.74) is 0.615. The van der Waals surface area contributed by atoms with E-state index >= 15 is 0 Å². The second-order valence-electron chi connectivity index (χ2n) is 3.11. The van der Waals surface area contributed by atoms with Gasteiger partial charge in [0.05, 0.1) is 27.3 Å². The average molecular weight is 237 g/mol. The molecule has 0 atom stereocenters. The van der Waals surface area contributed by atoms with Crippen LogP contribution in [0.2, 0.25) is 0 Å². The fourth-order valence-electron chi connectivity index (χ4n) is 1.36. The molecule has 5 heteroatoms. The van der Waals surface area contributed by atoms with Crippen molar-refractivity contribution in [2.75, 3.05) is 21.3 Å². The van der Waals surface area contributed by atoms with Crippen molar-refractivity contribution in [3.63, 3.8) is 0 Å². The van der Waals surface area contributed by atoms with Gasteiger partial charge in [-0.2, -0.15) is 0 Å². The van der Waals surface area contributed by atoms with Crippen LogP contribution in [0.4, 0.5) is 0 Å². The highest BCUT2D eigenvalue weighted by atomic mass is 16.5. The molecule has 0 saturated carbocycles. The second kappa shape index (κ2) is 5.79. The summed E-state index contributed by atoms with van der Waals surface area (Å²) in [7, 11) is 4.48. The largest absolute Gasteiger partial charge is 0.545 e. The molecule has 0 amide bonds. The van der Waals surface area contributed by atoms with Gasteiger partial charge in [-0.3, -0.25) is 0 Å². The predicted octanol–water partition coefficient (Wildman–Crippen LogP) is 0.476. The van der Waals surface area contributed by atoms with Gasteiger partial charge in [0.2, 0.25) is 5.75 Å². The molecule has 0 heterocycles. The number of ether oxygens (including phenoxy) is 3. The fourth-order valence-corrected chi connectivity index (χ4v) is 1.36. The lowest BCUT2D eigenvalue weighted by Gasteiger charge is -2.12. The van der Waals surface area contributed by atoms with Crippen LogP contribution in [-0.4, -0.2) is 27.3 Å². The zero-order valence-electron chi connectivity index (χ0n) is 9.85. The van der Waals surface area contributed by atoms with E-state index in [-0.39, 0.29) is 0 Å². The number of carboxylic acid groups (broad SMARTS) is 1. The highest BCUT2D eigenvalue weighted by Crippen LogP contribution is 2.38. The molecule has 0 radical (unpaired) electrons. The number of benzene rings is 1. The Morgan fingerprint density at radius 3 is 2.00 bits per heavy atom. The van der Waals surface area contributed by atoms with E-state index in [1.54, 1.807) is 12.1 Å². The molecule has 1 aromatic rings. The minimum Gasteiger partial charge on any atom is -0.545 e. The molecule has 0 saturated heterocycles. The van der Waals surface area contributed by atoms with E-state index in [0.717, 1.165) is 6.08 Å². The fraction of sp³-hybridized carbons (Fsp3) is 0.250. The molecule has 5 nitrogen and oxygen atoms in total. The normalized spacial score (nSPS) is 10.3. The van der Waals surface area contributed by atoms with Gasteiger partial charge in [0.25, 0.3) is 0 Å². The van der Waals surface area contributed by atoms with Gasteiger partial charge in [-0.25, -0.2) is 0 Å². The third-order valence-electron chi connectivity index (χ3n) is 2.10. The van der Waals surface area contributed by atoms with Crippen molar-refractivity contribution in [3.05, 3.63) is 23.8 Å². The van der Waals surface area contributed by atoms with Crippen LogP contribution in [0.5, 0.6) is 17.2 Å². The van der Waals surface area contributed by atoms with Crippen LogP contribution in [0.25, 0.3) is 6.08 Å². The van der Waals surface area contributed by atoms with Gasteiger partial charge in [0.1, 0.15) is 0 Å². The third-order valence-corrected chi connectivity index (χ3v) is 2.10. The van der Waals surface area contributed by atoms with Gasteiger partial charge < -0.3 is 24.1 Å². The first-order chi connectivity index (χ1) is 8.12. The first-order valence-corrected chi connectivity index (χ1v) is 4.81. The Bertz CT molecular complexity index is 412. The minimum atomic E-state index is -1.27. The van der Waals surface area contributed by atoms with Crippen molar-refractivity contribution in [1.29, 1.82) is 0 Å². The second-order valence-corrected chi connectivity index (χ2v) is 3.11. The molecule has 0 spiro atoms. The summed E-state index contributed by atoms with van der Waals surface area (Å²) in [6, 6.07) is 3.28. The SMILES string of the molecule is COc1cc(/C=C/C(=O)[O-])cc(OC)c1OC. The average Bonchev–Trinajstić information content (AvgIpc) is 2.34. The zero-order chi connectivity index (χ0) is 12.8. The van der Waals surface area contributed by atoms with Gasteiger partial charge >= 0.3 is 0 Å². The lowest BCUT2D eigenvalue weighted by Crippen LogP contribution is -2.18. The van der Waals surface area contributed by atoms with Crippen LogP contribution in [0, 0.1) is 0 Å². The molecule has 0 bridgehead atoms. The van der Waals surface area contributed by atoms with Crippen LogP contribution in [0.1, 0.15) is 5.56 Å². The van der Waals surface area contributed by atoms with Gasteiger partial charge in [-0.15, -0.1) is 0 Å². The molecular formula is C12H13O5-. The Morgan fingerprint density at radius 2 is 1.65 bits per heavy atom. The maximum absolute atomic E-state index is 10.3. The molecule has 92 valence electrons. The van der Waals surface area contributed by atoms with E-state index in [4.69, 9.17) is 14.2 Å². The number of aliphatic carboxylic acids is 1. The molecule has 1 aromatic carbocycles. The molecule has 0 aliphatic rings. The Hall–Kier alpha value is -2.17. The first-order valence-electron chi connectivity index (χ1n) is 4.81. The summed E-state index contributed by atoms with van der Waals surface area (Å²) in [6.07, 6.45) is 2.32. The number of rotatable bonds is 5. The van der Waals surface area contributed by atoms with E-state index < -0.39 is 5.97 Å². The number of carbonyl (C=O) groups excluding carboxylic acids is 1. The topological polar surface area (TPSA) is 67.8 Å². The highest BCUT2D eigenvalue weighted by Gasteiger charge is 2.11. The van der Waals surface area contributed by atoms with E-state index in [9.17, 15) is 9.90 Å². The summed E-state index contributed by atoms with van der Waals surface area (Å²) < 4.78 is 15.4. The molecule has 1 rings (SSSR count). The van der Waals surface area contributed by atoms with Gasteiger partial charge in [-0.1, -0.05) is 6.08 Å². The van der Waals surface area contributed by atoms with Crippen molar-refractivity contribution < 1.29 is 24.1 Å². The summed E-state index contributed by atoms with van der Waals surface area (Å²) in [5.74, 6) is 0.119. The molecule has 0 aliphatic carbocycles. The van der Waals surface area contributed by atoms with Crippen molar-refractivity contribution in [2.45, 2.75) is 0 Å². The number of carboxylic acids is 1. The number of methoxy groups -OCH3 is 3. The minimum absolute atomic E-state index is 0.459. The van der Waals surface area contributed by atoms with Gasteiger partial charge in [0.15, 0.2) is 11.5 Å². The maximum Gasteiger partial charge on any atom is 0.203 e. The standard InChI is InChI=1S/C12H14O5/c1-15-9-6-8(4-5-11(13)14)7-10(16-2)12(9)17-3/h4-7H,1-3H3,(H,13,14)/p-1/b5-4+.